The molecule has 0 atom stereocenters. The second-order valence-corrected chi connectivity index (χ2v) is 4.91. The van der Waals surface area contributed by atoms with Gasteiger partial charge in [-0.05, 0) is 49.2 Å². The lowest BCUT2D eigenvalue weighted by molar-refractivity contribution is 0.471. The van der Waals surface area contributed by atoms with Crippen LogP contribution in [0, 0.1) is 13.8 Å². The van der Waals surface area contributed by atoms with Crippen LogP contribution in [-0.2, 0) is 0 Å². The minimum Gasteiger partial charge on any atom is -0.508 e. The Morgan fingerprint density at radius 3 is 1.57 bits per heavy atom. The highest BCUT2D eigenvalue weighted by molar-refractivity contribution is 5.61. The SMILES string of the molecule is Cc1ccc(-c2nnc(-c3ccc(C)c(O)c3)o2)cc1O. The molecule has 5 nitrogen and oxygen atoms in total. The Morgan fingerprint density at radius 2 is 1.19 bits per heavy atom. The van der Waals surface area contributed by atoms with Gasteiger partial charge in [0.15, 0.2) is 0 Å². The smallest absolute Gasteiger partial charge is 0.248 e. The van der Waals surface area contributed by atoms with Crippen LogP contribution < -0.4 is 0 Å². The average molecular weight is 282 g/mol. The van der Waals surface area contributed by atoms with Crippen molar-refractivity contribution in [1.82, 2.24) is 10.2 Å². The highest BCUT2D eigenvalue weighted by Crippen LogP contribution is 2.29. The zero-order chi connectivity index (χ0) is 15.0. The summed E-state index contributed by atoms with van der Waals surface area (Å²) in [5.74, 6) is 1.00. The molecule has 21 heavy (non-hydrogen) atoms. The Kier molecular flexibility index (Phi) is 3.10. The highest BCUT2D eigenvalue weighted by Gasteiger charge is 2.12. The minimum atomic E-state index is 0.181. The van der Waals surface area contributed by atoms with Gasteiger partial charge in [-0.2, -0.15) is 0 Å². The lowest BCUT2D eigenvalue weighted by Crippen LogP contribution is -1.80. The molecule has 1 aromatic heterocycles. The van der Waals surface area contributed by atoms with E-state index >= 15 is 0 Å². The third kappa shape index (κ3) is 2.45. The fraction of sp³-hybridized carbons (Fsp3) is 0.125. The summed E-state index contributed by atoms with van der Waals surface area (Å²) in [4.78, 5) is 0. The Bertz CT molecular complexity index is 743. The fourth-order valence-corrected chi connectivity index (χ4v) is 1.94. The van der Waals surface area contributed by atoms with Crippen molar-refractivity contribution in [2.75, 3.05) is 0 Å². The number of phenolic OH excluding ortho intramolecular Hbond substituents is 2. The van der Waals surface area contributed by atoms with Crippen molar-refractivity contribution in [3.63, 3.8) is 0 Å². The Morgan fingerprint density at radius 1 is 0.762 bits per heavy atom. The van der Waals surface area contributed by atoms with Crippen LogP contribution in [0.25, 0.3) is 22.9 Å². The van der Waals surface area contributed by atoms with Crippen LogP contribution >= 0.6 is 0 Å². The van der Waals surface area contributed by atoms with Gasteiger partial charge in [0.05, 0.1) is 0 Å². The van der Waals surface area contributed by atoms with Crippen LogP contribution in [0.1, 0.15) is 11.1 Å². The van der Waals surface area contributed by atoms with E-state index in [0.29, 0.717) is 22.9 Å². The summed E-state index contributed by atoms with van der Waals surface area (Å²) in [6.07, 6.45) is 0. The topological polar surface area (TPSA) is 79.4 Å². The molecule has 0 amide bonds. The number of hydrogen-bond donors (Lipinski definition) is 2. The second-order valence-electron chi connectivity index (χ2n) is 4.91. The summed E-state index contributed by atoms with van der Waals surface area (Å²) >= 11 is 0. The van der Waals surface area contributed by atoms with Crippen molar-refractivity contribution in [3.8, 4) is 34.4 Å². The van der Waals surface area contributed by atoms with Gasteiger partial charge in [0, 0.05) is 11.1 Å². The number of aromatic nitrogens is 2. The maximum Gasteiger partial charge on any atom is 0.248 e. The normalized spacial score (nSPS) is 10.8. The molecular formula is C16H14N2O3. The third-order valence-corrected chi connectivity index (χ3v) is 3.34. The van der Waals surface area contributed by atoms with E-state index in [1.807, 2.05) is 13.8 Å². The number of nitrogens with zero attached hydrogens (tertiary/aromatic N) is 2. The molecule has 0 spiro atoms. The number of aryl methyl sites for hydroxylation is 2. The Balaban J connectivity index is 1.99. The first-order chi connectivity index (χ1) is 10.0. The molecule has 2 N–H and O–H groups in total. The Hall–Kier alpha value is -2.82. The largest absolute Gasteiger partial charge is 0.508 e. The summed E-state index contributed by atoms with van der Waals surface area (Å²) < 4.78 is 5.60. The molecule has 3 rings (SSSR count). The van der Waals surface area contributed by atoms with Gasteiger partial charge in [-0.3, -0.25) is 0 Å². The van der Waals surface area contributed by atoms with Crippen molar-refractivity contribution in [2.45, 2.75) is 13.8 Å². The van der Waals surface area contributed by atoms with Gasteiger partial charge in [-0.15, -0.1) is 10.2 Å². The molecule has 0 saturated carbocycles. The van der Waals surface area contributed by atoms with Crippen LogP contribution in [0.5, 0.6) is 11.5 Å². The number of aromatic hydroxyl groups is 2. The van der Waals surface area contributed by atoms with E-state index in [2.05, 4.69) is 10.2 Å². The molecule has 0 bridgehead atoms. The summed E-state index contributed by atoms with van der Waals surface area (Å²) in [7, 11) is 0. The summed E-state index contributed by atoms with van der Waals surface area (Å²) in [6.45, 7) is 3.63. The number of rotatable bonds is 2. The monoisotopic (exact) mass is 282 g/mol. The molecule has 5 heteroatoms. The van der Waals surface area contributed by atoms with E-state index in [0.717, 1.165) is 11.1 Å². The first kappa shape index (κ1) is 13.2. The molecule has 3 aromatic rings. The minimum absolute atomic E-state index is 0.181. The first-order valence-corrected chi connectivity index (χ1v) is 6.48. The van der Waals surface area contributed by atoms with Crippen molar-refractivity contribution < 1.29 is 14.6 Å². The van der Waals surface area contributed by atoms with Crippen molar-refractivity contribution in [1.29, 1.82) is 0 Å². The van der Waals surface area contributed by atoms with Crippen LogP contribution in [0.2, 0.25) is 0 Å². The molecule has 0 fully saturated rings. The van der Waals surface area contributed by atoms with E-state index in [9.17, 15) is 10.2 Å². The van der Waals surface area contributed by atoms with Crippen LogP contribution in [0.4, 0.5) is 0 Å². The van der Waals surface area contributed by atoms with Gasteiger partial charge < -0.3 is 14.6 Å². The van der Waals surface area contributed by atoms with E-state index < -0.39 is 0 Å². The van der Waals surface area contributed by atoms with Gasteiger partial charge >= 0.3 is 0 Å². The molecule has 0 unspecified atom stereocenters. The van der Waals surface area contributed by atoms with Crippen LogP contribution in [0.15, 0.2) is 40.8 Å². The predicted octanol–water partition coefficient (Wildman–Crippen LogP) is 3.43. The van der Waals surface area contributed by atoms with E-state index in [1.165, 1.54) is 0 Å². The fourth-order valence-electron chi connectivity index (χ4n) is 1.94. The number of phenols is 2. The number of hydrogen-bond acceptors (Lipinski definition) is 5. The van der Waals surface area contributed by atoms with Crippen LogP contribution in [0.3, 0.4) is 0 Å². The molecule has 0 aliphatic carbocycles. The zero-order valence-corrected chi connectivity index (χ0v) is 11.7. The zero-order valence-electron chi connectivity index (χ0n) is 11.7. The highest BCUT2D eigenvalue weighted by atomic mass is 16.4. The third-order valence-electron chi connectivity index (χ3n) is 3.34. The summed E-state index contributed by atoms with van der Waals surface area (Å²) in [6, 6.07) is 10.3. The average Bonchev–Trinajstić information content (AvgIpc) is 2.94. The predicted molar refractivity (Wildman–Crippen MR) is 78.0 cm³/mol. The van der Waals surface area contributed by atoms with Gasteiger partial charge in [-0.1, -0.05) is 12.1 Å². The molecule has 0 aliphatic rings. The molecule has 0 radical (unpaired) electrons. The quantitative estimate of drug-likeness (QED) is 0.752. The summed E-state index contributed by atoms with van der Waals surface area (Å²) in [5.41, 5.74) is 2.85. The summed E-state index contributed by atoms with van der Waals surface area (Å²) in [5, 5.41) is 27.4. The van der Waals surface area contributed by atoms with Gasteiger partial charge in [0.25, 0.3) is 0 Å². The lowest BCUT2D eigenvalue weighted by Gasteiger charge is -2.01. The van der Waals surface area contributed by atoms with E-state index in [1.54, 1.807) is 36.4 Å². The molecule has 0 aliphatic heterocycles. The van der Waals surface area contributed by atoms with Gasteiger partial charge in [-0.25, -0.2) is 0 Å². The molecule has 2 aromatic carbocycles. The number of benzene rings is 2. The maximum absolute atomic E-state index is 9.73. The maximum atomic E-state index is 9.73. The van der Waals surface area contributed by atoms with Gasteiger partial charge in [0.2, 0.25) is 11.8 Å². The first-order valence-electron chi connectivity index (χ1n) is 6.48. The van der Waals surface area contributed by atoms with Crippen LogP contribution in [-0.4, -0.2) is 20.4 Å². The standard InChI is InChI=1S/C16H14N2O3/c1-9-3-5-11(7-13(9)19)15-17-18-16(21-15)12-6-4-10(2)14(20)8-12/h3-8,19-20H,1-2H3. The lowest BCUT2D eigenvalue weighted by atomic mass is 10.1. The second kappa shape index (κ2) is 4.94. The van der Waals surface area contributed by atoms with Crippen molar-refractivity contribution >= 4 is 0 Å². The molecular weight excluding hydrogens is 268 g/mol. The van der Waals surface area contributed by atoms with Crippen molar-refractivity contribution in [2.24, 2.45) is 0 Å². The molecule has 0 saturated heterocycles. The molecule has 106 valence electrons. The van der Waals surface area contributed by atoms with Gasteiger partial charge in [0.1, 0.15) is 11.5 Å². The van der Waals surface area contributed by atoms with E-state index in [4.69, 9.17) is 4.42 Å². The van der Waals surface area contributed by atoms with Crippen molar-refractivity contribution in [3.05, 3.63) is 47.5 Å². The Labute approximate surface area is 121 Å². The van der Waals surface area contributed by atoms with E-state index in [-0.39, 0.29) is 11.5 Å². The molecule has 1 heterocycles.